The average molecular weight is 343 g/mol. The number of amides is 1. The van der Waals surface area contributed by atoms with Crippen LogP contribution >= 0.6 is 0 Å². The van der Waals surface area contributed by atoms with Crippen molar-refractivity contribution in [2.24, 2.45) is 0 Å². The zero-order chi connectivity index (χ0) is 17.5. The number of hydrogen-bond acceptors (Lipinski definition) is 2. The molecule has 0 N–H and O–H groups in total. The number of benzene rings is 1. The first-order valence-corrected chi connectivity index (χ1v) is 9.32. The maximum Gasteiger partial charge on any atom is 0.227 e. The standard InChI is InChI=1S/C22H21N3O/c26-22-2-1-10-25(22)21-5-3-16(4-6-21)18-12-19(14-23-13-18)17-9-11-24(15-17)20-7-8-20/h3-6,9,11-15,20H,1-2,7-8,10H2. The second-order valence-electron chi connectivity index (χ2n) is 7.24. The molecule has 0 bridgehead atoms. The molecule has 4 heteroatoms. The van der Waals surface area contributed by atoms with Crippen molar-refractivity contribution in [2.45, 2.75) is 31.7 Å². The van der Waals surface area contributed by atoms with Gasteiger partial charge in [0.05, 0.1) is 0 Å². The van der Waals surface area contributed by atoms with Crippen molar-refractivity contribution in [3.63, 3.8) is 0 Å². The zero-order valence-electron chi connectivity index (χ0n) is 14.6. The van der Waals surface area contributed by atoms with Crippen LogP contribution in [0.2, 0.25) is 0 Å². The maximum atomic E-state index is 11.9. The molecule has 2 fully saturated rings. The van der Waals surface area contributed by atoms with E-state index in [1.165, 1.54) is 18.4 Å². The largest absolute Gasteiger partial charge is 0.351 e. The number of pyridine rings is 1. The third kappa shape index (κ3) is 2.81. The van der Waals surface area contributed by atoms with Crippen LogP contribution in [0.5, 0.6) is 0 Å². The van der Waals surface area contributed by atoms with Crippen LogP contribution in [0.15, 0.2) is 61.2 Å². The normalized spacial score (nSPS) is 17.1. The lowest BCUT2D eigenvalue weighted by Gasteiger charge is -2.16. The molecule has 0 unspecified atom stereocenters. The van der Waals surface area contributed by atoms with Gasteiger partial charge in [-0.3, -0.25) is 9.78 Å². The molecule has 1 saturated heterocycles. The lowest BCUT2D eigenvalue weighted by molar-refractivity contribution is -0.117. The van der Waals surface area contributed by atoms with E-state index in [4.69, 9.17) is 0 Å². The summed E-state index contributed by atoms with van der Waals surface area (Å²) in [5, 5.41) is 0. The number of nitrogens with zero attached hydrogens (tertiary/aromatic N) is 3. The van der Waals surface area contributed by atoms with Crippen molar-refractivity contribution in [3.8, 4) is 22.3 Å². The molecular weight excluding hydrogens is 322 g/mol. The second kappa shape index (κ2) is 6.13. The van der Waals surface area contributed by atoms with E-state index >= 15 is 0 Å². The third-order valence-corrected chi connectivity index (χ3v) is 5.34. The smallest absolute Gasteiger partial charge is 0.227 e. The van der Waals surface area contributed by atoms with Crippen LogP contribution in [0.25, 0.3) is 22.3 Å². The summed E-state index contributed by atoms with van der Waals surface area (Å²) in [4.78, 5) is 18.2. The summed E-state index contributed by atoms with van der Waals surface area (Å²) in [7, 11) is 0. The predicted octanol–water partition coefficient (Wildman–Crippen LogP) is 4.68. The van der Waals surface area contributed by atoms with Gasteiger partial charge in [-0.25, -0.2) is 0 Å². The van der Waals surface area contributed by atoms with Gasteiger partial charge in [-0.2, -0.15) is 0 Å². The molecule has 1 aromatic carbocycles. The van der Waals surface area contributed by atoms with Gasteiger partial charge in [0.2, 0.25) is 5.91 Å². The first-order chi connectivity index (χ1) is 12.8. The predicted molar refractivity (Wildman–Crippen MR) is 103 cm³/mol. The average Bonchev–Trinajstić information content (AvgIpc) is 3.25. The minimum absolute atomic E-state index is 0.224. The van der Waals surface area contributed by atoms with Crippen molar-refractivity contribution >= 4 is 11.6 Å². The van der Waals surface area contributed by atoms with Crippen molar-refractivity contribution in [1.82, 2.24) is 9.55 Å². The minimum atomic E-state index is 0.224. The van der Waals surface area contributed by atoms with E-state index in [0.29, 0.717) is 12.5 Å². The molecule has 1 aliphatic heterocycles. The van der Waals surface area contributed by atoms with Crippen LogP contribution in [0.3, 0.4) is 0 Å². The molecule has 1 aliphatic carbocycles. The Balaban J connectivity index is 1.41. The molecule has 0 atom stereocenters. The van der Waals surface area contributed by atoms with Crippen molar-refractivity contribution < 1.29 is 4.79 Å². The summed E-state index contributed by atoms with van der Waals surface area (Å²) in [6, 6.07) is 13.3. The monoisotopic (exact) mass is 343 g/mol. The highest BCUT2D eigenvalue weighted by Crippen LogP contribution is 2.36. The summed E-state index contributed by atoms with van der Waals surface area (Å²) in [6.45, 7) is 0.827. The Morgan fingerprint density at radius 2 is 1.69 bits per heavy atom. The molecular formula is C22H21N3O. The number of anilines is 1. The number of carbonyl (C=O) groups excluding carboxylic acids is 1. The highest BCUT2D eigenvalue weighted by atomic mass is 16.2. The summed E-state index contributed by atoms with van der Waals surface area (Å²) in [5.74, 6) is 0.224. The van der Waals surface area contributed by atoms with Crippen LogP contribution < -0.4 is 4.90 Å². The number of carbonyl (C=O) groups is 1. The molecule has 3 heterocycles. The molecule has 4 nitrogen and oxygen atoms in total. The Hall–Kier alpha value is -2.88. The number of rotatable bonds is 4. The number of aromatic nitrogens is 2. The Labute approximate surface area is 153 Å². The van der Waals surface area contributed by atoms with Gasteiger partial charge in [-0.15, -0.1) is 0 Å². The Kier molecular flexibility index (Phi) is 3.63. The third-order valence-electron chi connectivity index (χ3n) is 5.34. The molecule has 1 amide bonds. The fourth-order valence-electron chi connectivity index (χ4n) is 3.69. The highest BCUT2D eigenvalue weighted by Gasteiger charge is 2.23. The van der Waals surface area contributed by atoms with Crippen LogP contribution in [-0.2, 0) is 4.79 Å². The molecule has 1 saturated carbocycles. The fourth-order valence-corrected chi connectivity index (χ4v) is 3.69. The summed E-state index contributed by atoms with van der Waals surface area (Å²) >= 11 is 0. The van der Waals surface area contributed by atoms with E-state index in [1.807, 2.05) is 29.4 Å². The Morgan fingerprint density at radius 1 is 0.923 bits per heavy atom. The Morgan fingerprint density at radius 3 is 2.38 bits per heavy atom. The fraction of sp³-hybridized carbons (Fsp3) is 0.273. The van der Waals surface area contributed by atoms with Crippen LogP contribution in [-0.4, -0.2) is 22.0 Å². The lowest BCUT2D eigenvalue weighted by atomic mass is 10.0. The Bertz CT molecular complexity index is 954. The molecule has 2 aromatic heterocycles. The first kappa shape index (κ1) is 15.4. The molecule has 0 radical (unpaired) electrons. The molecule has 130 valence electrons. The highest BCUT2D eigenvalue weighted by molar-refractivity contribution is 5.95. The van der Waals surface area contributed by atoms with E-state index in [9.17, 15) is 4.79 Å². The number of hydrogen-bond donors (Lipinski definition) is 0. The summed E-state index contributed by atoms with van der Waals surface area (Å²) in [5.41, 5.74) is 5.56. The topological polar surface area (TPSA) is 38.1 Å². The van der Waals surface area contributed by atoms with Gasteiger partial charge >= 0.3 is 0 Å². The molecule has 2 aliphatic rings. The molecule has 5 rings (SSSR count). The SMILES string of the molecule is O=C1CCCN1c1ccc(-c2cncc(-c3ccn(C4CC4)c3)c2)cc1. The van der Waals surface area contributed by atoms with Crippen LogP contribution in [0.4, 0.5) is 5.69 Å². The van der Waals surface area contributed by atoms with Gasteiger partial charge < -0.3 is 9.47 Å². The zero-order valence-corrected chi connectivity index (χ0v) is 14.6. The summed E-state index contributed by atoms with van der Waals surface area (Å²) in [6.07, 6.45) is 12.4. The van der Waals surface area contributed by atoms with Crippen molar-refractivity contribution in [3.05, 3.63) is 61.2 Å². The van der Waals surface area contributed by atoms with E-state index in [0.717, 1.165) is 35.3 Å². The maximum absolute atomic E-state index is 11.9. The minimum Gasteiger partial charge on any atom is -0.351 e. The van der Waals surface area contributed by atoms with E-state index in [-0.39, 0.29) is 5.91 Å². The van der Waals surface area contributed by atoms with Crippen LogP contribution in [0.1, 0.15) is 31.7 Å². The van der Waals surface area contributed by atoms with Gasteiger partial charge in [-0.1, -0.05) is 12.1 Å². The van der Waals surface area contributed by atoms with Gasteiger partial charge in [-0.05, 0) is 49.1 Å². The van der Waals surface area contributed by atoms with Crippen molar-refractivity contribution in [1.29, 1.82) is 0 Å². The molecule has 26 heavy (non-hydrogen) atoms. The lowest BCUT2D eigenvalue weighted by Crippen LogP contribution is -2.23. The second-order valence-corrected chi connectivity index (χ2v) is 7.24. The van der Waals surface area contributed by atoms with Gasteiger partial charge in [0, 0.05) is 66.2 Å². The first-order valence-electron chi connectivity index (χ1n) is 9.32. The van der Waals surface area contributed by atoms with Gasteiger partial charge in [0.15, 0.2) is 0 Å². The van der Waals surface area contributed by atoms with Crippen molar-refractivity contribution in [2.75, 3.05) is 11.4 Å². The van der Waals surface area contributed by atoms with Crippen LogP contribution in [0, 0.1) is 0 Å². The molecule has 0 spiro atoms. The molecule has 3 aromatic rings. The van der Waals surface area contributed by atoms with Gasteiger partial charge in [0.25, 0.3) is 0 Å². The van der Waals surface area contributed by atoms with E-state index < -0.39 is 0 Å². The van der Waals surface area contributed by atoms with E-state index in [2.05, 4.69) is 46.2 Å². The quantitative estimate of drug-likeness (QED) is 0.690. The van der Waals surface area contributed by atoms with Gasteiger partial charge in [0.1, 0.15) is 0 Å². The summed E-state index contributed by atoms with van der Waals surface area (Å²) < 4.78 is 2.31. The van der Waals surface area contributed by atoms with E-state index in [1.54, 1.807) is 0 Å².